The number of Topliss-reactive ketones (excluding diaryl/α,β-unsaturated/α-hetero) is 3. The number of rotatable bonds is 24. The minimum atomic E-state index is -0.892. The molecule has 0 aliphatic carbocycles. The summed E-state index contributed by atoms with van der Waals surface area (Å²) >= 11 is 0. The SMILES string of the molecule is CCCCCC(CCCC)C(=O)N[C@@H](CC(C)C)C(=O)C(=O)[C@H](CCCNC(N)N)NCC(=O)[C@H](C)NC. The summed E-state index contributed by atoms with van der Waals surface area (Å²) in [6.07, 6.45) is 7.12. The molecule has 0 aliphatic heterocycles. The van der Waals surface area contributed by atoms with Crippen molar-refractivity contribution in [2.45, 2.75) is 123 Å². The fraction of sp³-hybridized carbons (Fsp3) is 0.857. The first-order valence-electron chi connectivity index (χ1n) is 14.5. The third-order valence-electron chi connectivity index (χ3n) is 6.82. The number of nitrogens with two attached hydrogens (primary N) is 2. The summed E-state index contributed by atoms with van der Waals surface area (Å²) in [6.45, 7) is 10.3. The molecule has 8 N–H and O–H groups in total. The highest BCUT2D eigenvalue weighted by Gasteiger charge is 2.33. The maximum absolute atomic E-state index is 13.5. The Labute approximate surface area is 230 Å². The van der Waals surface area contributed by atoms with Crippen LogP contribution in [0.25, 0.3) is 0 Å². The lowest BCUT2D eigenvalue weighted by atomic mass is 9.91. The summed E-state index contributed by atoms with van der Waals surface area (Å²) in [4.78, 5) is 52.5. The third-order valence-corrected chi connectivity index (χ3v) is 6.82. The van der Waals surface area contributed by atoms with Gasteiger partial charge in [0.2, 0.25) is 17.5 Å². The zero-order valence-electron chi connectivity index (χ0n) is 24.7. The minimum absolute atomic E-state index is 0.0484. The molecule has 222 valence electrons. The molecule has 10 nitrogen and oxygen atoms in total. The number of likely N-dealkylation sites (N-methyl/N-ethyl adjacent to an activating group) is 1. The van der Waals surface area contributed by atoms with Gasteiger partial charge in [0.1, 0.15) is 6.29 Å². The quantitative estimate of drug-likeness (QED) is 0.0607. The fourth-order valence-electron chi connectivity index (χ4n) is 4.27. The van der Waals surface area contributed by atoms with E-state index in [1.165, 1.54) is 0 Å². The Bertz CT molecular complexity index is 701. The zero-order valence-corrected chi connectivity index (χ0v) is 24.7. The predicted molar refractivity (Wildman–Crippen MR) is 153 cm³/mol. The van der Waals surface area contributed by atoms with Gasteiger partial charge in [0, 0.05) is 5.92 Å². The van der Waals surface area contributed by atoms with Crippen molar-refractivity contribution < 1.29 is 19.2 Å². The van der Waals surface area contributed by atoms with Crippen LogP contribution in [0.3, 0.4) is 0 Å². The topological polar surface area (TPSA) is 168 Å². The van der Waals surface area contributed by atoms with Crippen LogP contribution in [0.1, 0.15) is 98.8 Å². The van der Waals surface area contributed by atoms with Crippen molar-refractivity contribution in [1.82, 2.24) is 21.3 Å². The molecule has 0 aromatic heterocycles. The number of nitrogens with one attached hydrogen (secondary N) is 4. The Morgan fingerprint density at radius 1 is 0.763 bits per heavy atom. The van der Waals surface area contributed by atoms with E-state index >= 15 is 0 Å². The van der Waals surface area contributed by atoms with Crippen molar-refractivity contribution in [2.24, 2.45) is 23.3 Å². The van der Waals surface area contributed by atoms with Crippen molar-refractivity contribution in [2.75, 3.05) is 20.1 Å². The molecule has 0 aromatic carbocycles. The van der Waals surface area contributed by atoms with Crippen LogP contribution < -0.4 is 32.7 Å². The lowest BCUT2D eigenvalue weighted by molar-refractivity contribution is -0.141. The van der Waals surface area contributed by atoms with Crippen LogP contribution in [-0.2, 0) is 19.2 Å². The van der Waals surface area contributed by atoms with Gasteiger partial charge >= 0.3 is 0 Å². The largest absolute Gasteiger partial charge is 0.346 e. The molecule has 4 atom stereocenters. The summed E-state index contributed by atoms with van der Waals surface area (Å²) in [6, 6.07) is -2.12. The lowest BCUT2D eigenvalue weighted by Gasteiger charge is -2.25. The average molecular weight is 541 g/mol. The van der Waals surface area contributed by atoms with Gasteiger partial charge in [0.25, 0.3) is 0 Å². The first-order valence-corrected chi connectivity index (χ1v) is 14.5. The Balaban J connectivity index is 5.61. The number of carbonyl (C=O) groups excluding carboxylic acids is 4. The molecule has 0 aliphatic rings. The van der Waals surface area contributed by atoms with Gasteiger partial charge < -0.3 is 27.4 Å². The molecule has 38 heavy (non-hydrogen) atoms. The maximum Gasteiger partial charge on any atom is 0.223 e. The van der Waals surface area contributed by atoms with Gasteiger partial charge in [0.15, 0.2) is 5.78 Å². The van der Waals surface area contributed by atoms with Crippen LogP contribution in [0.2, 0.25) is 0 Å². The third kappa shape index (κ3) is 15.6. The molecule has 1 unspecified atom stereocenters. The average Bonchev–Trinajstić information content (AvgIpc) is 2.87. The Kier molecular flexibility index (Phi) is 20.2. The first-order chi connectivity index (χ1) is 18.0. The monoisotopic (exact) mass is 540 g/mol. The van der Waals surface area contributed by atoms with Gasteiger partial charge in [-0.05, 0) is 58.5 Å². The molecule has 0 aromatic rings. The molecule has 0 heterocycles. The van der Waals surface area contributed by atoms with E-state index in [0.717, 1.165) is 44.9 Å². The molecule has 0 bridgehead atoms. The number of hydrogen-bond donors (Lipinski definition) is 6. The smallest absolute Gasteiger partial charge is 0.223 e. The van der Waals surface area contributed by atoms with Gasteiger partial charge in [-0.25, -0.2) is 0 Å². The van der Waals surface area contributed by atoms with E-state index in [-0.39, 0.29) is 36.1 Å². The number of carbonyl (C=O) groups is 4. The summed E-state index contributed by atoms with van der Waals surface area (Å²) in [7, 11) is 1.69. The molecule has 0 saturated heterocycles. The zero-order chi connectivity index (χ0) is 29.1. The summed E-state index contributed by atoms with van der Waals surface area (Å²) in [5, 5.41) is 11.7. The van der Waals surface area contributed by atoms with E-state index in [1.807, 2.05) is 13.8 Å². The molecular formula is C28H56N6O4. The lowest BCUT2D eigenvalue weighted by Crippen LogP contribution is -2.53. The van der Waals surface area contributed by atoms with Crippen molar-refractivity contribution in [3.05, 3.63) is 0 Å². The first kappa shape index (κ1) is 36.3. The van der Waals surface area contributed by atoms with Gasteiger partial charge in [-0.3, -0.25) is 24.5 Å². The second-order valence-electron chi connectivity index (χ2n) is 10.8. The van der Waals surface area contributed by atoms with E-state index < -0.39 is 29.9 Å². The van der Waals surface area contributed by atoms with Crippen LogP contribution in [0.5, 0.6) is 0 Å². The predicted octanol–water partition coefficient (Wildman–Crippen LogP) is 1.75. The number of amides is 1. The summed E-state index contributed by atoms with van der Waals surface area (Å²) in [5.41, 5.74) is 11.1. The normalized spacial score (nSPS) is 14.8. The van der Waals surface area contributed by atoms with Crippen molar-refractivity contribution >= 4 is 23.3 Å². The standard InChI is InChI=1S/C28H56N6O4/c1-7-9-11-14-21(13-10-8-2)27(38)34-23(17-19(3)4)26(37)25(36)22(15-12-16-32-28(29)30)33-18-24(35)20(5)31-6/h19-23,28,31-33H,7-18,29-30H2,1-6H3,(H,34,38)/t20-,21?,22-,23-/m0/s1. The summed E-state index contributed by atoms with van der Waals surface area (Å²) in [5.74, 6) is -1.56. The molecule has 0 rings (SSSR count). The van der Waals surface area contributed by atoms with Crippen molar-refractivity contribution in [3.63, 3.8) is 0 Å². The van der Waals surface area contributed by atoms with E-state index in [0.29, 0.717) is 25.8 Å². The Hall–Kier alpha value is -1.72. The minimum Gasteiger partial charge on any atom is -0.346 e. The van der Waals surface area contributed by atoms with Gasteiger partial charge in [-0.2, -0.15) is 0 Å². The van der Waals surface area contributed by atoms with Gasteiger partial charge in [-0.1, -0.05) is 59.8 Å². The molecule has 0 fully saturated rings. The van der Waals surface area contributed by atoms with Crippen LogP contribution in [0, 0.1) is 11.8 Å². The van der Waals surface area contributed by atoms with Crippen molar-refractivity contribution in [1.29, 1.82) is 0 Å². The molecule has 1 amide bonds. The van der Waals surface area contributed by atoms with Crippen molar-refractivity contribution in [3.8, 4) is 0 Å². The summed E-state index contributed by atoms with van der Waals surface area (Å²) < 4.78 is 0. The highest BCUT2D eigenvalue weighted by molar-refractivity contribution is 6.41. The molecule has 0 radical (unpaired) electrons. The van der Waals surface area contributed by atoms with E-state index in [4.69, 9.17) is 11.5 Å². The highest BCUT2D eigenvalue weighted by Crippen LogP contribution is 2.19. The number of hydrogen-bond acceptors (Lipinski definition) is 9. The molecule has 0 spiro atoms. The number of ketones is 3. The fourth-order valence-corrected chi connectivity index (χ4v) is 4.27. The second-order valence-corrected chi connectivity index (χ2v) is 10.8. The molecule has 0 saturated carbocycles. The van der Waals surface area contributed by atoms with Crippen LogP contribution >= 0.6 is 0 Å². The maximum atomic E-state index is 13.5. The second kappa shape index (κ2) is 21.1. The number of unbranched alkanes of at least 4 members (excludes halogenated alkanes) is 3. The highest BCUT2D eigenvalue weighted by atomic mass is 16.2. The van der Waals surface area contributed by atoms with E-state index in [1.54, 1.807) is 14.0 Å². The van der Waals surface area contributed by atoms with E-state index in [9.17, 15) is 19.2 Å². The van der Waals surface area contributed by atoms with E-state index in [2.05, 4.69) is 35.1 Å². The molecular weight excluding hydrogens is 484 g/mol. The van der Waals surface area contributed by atoms with Crippen LogP contribution in [0.4, 0.5) is 0 Å². The van der Waals surface area contributed by atoms with Crippen LogP contribution in [-0.4, -0.2) is 67.8 Å². The molecule has 10 heteroatoms. The van der Waals surface area contributed by atoms with Gasteiger partial charge in [0.05, 0.1) is 24.7 Å². The Morgan fingerprint density at radius 3 is 1.92 bits per heavy atom. The van der Waals surface area contributed by atoms with Gasteiger partial charge in [-0.15, -0.1) is 0 Å². The Morgan fingerprint density at radius 2 is 1.37 bits per heavy atom. The van der Waals surface area contributed by atoms with Crippen LogP contribution in [0.15, 0.2) is 0 Å².